The lowest BCUT2D eigenvalue weighted by atomic mass is 9.96. The normalized spacial score (nSPS) is 18.8. The van der Waals surface area contributed by atoms with E-state index in [-0.39, 0.29) is 18.2 Å². The second-order valence-electron chi connectivity index (χ2n) is 6.46. The maximum absolute atomic E-state index is 12.2. The van der Waals surface area contributed by atoms with Crippen molar-refractivity contribution in [2.75, 3.05) is 13.2 Å². The van der Waals surface area contributed by atoms with Gasteiger partial charge < -0.3 is 20.1 Å². The van der Waals surface area contributed by atoms with Gasteiger partial charge in [0.15, 0.2) is 12.4 Å². The van der Waals surface area contributed by atoms with Crippen molar-refractivity contribution >= 4 is 23.8 Å². The number of alkyl carbamates (subject to hydrolysis) is 1. The molecular weight excluding hydrogens is 304 g/mol. The van der Waals surface area contributed by atoms with Crippen molar-refractivity contribution in [3.8, 4) is 0 Å². The Kier molecular flexibility index (Phi) is 6.53. The van der Waals surface area contributed by atoms with Crippen LogP contribution in [0.5, 0.6) is 0 Å². The van der Waals surface area contributed by atoms with Gasteiger partial charge in [-0.25, -0.2) is 4.79 Å². The molecule has 1 aliphatic heterocycles. The van der Waals surface area contributed by atoms with E-state index in [4.69, 9.17) is 4.74 Å². The van der Waals surface area contributed by atoms with Crippen molar-refractivity contribution in [2.24, 2.45) is 5.92 Å². The number of nitrogens with one attached hydrogen (secondary N) is 2. The van der Waals surface area contributed by atoms with Crippen molar-refractivity contribution in [3.05, 3.63) is 0 Å². The Balaban J connectivity index is 2.70. The van der Waals surface area contributed by atoms with Gasteiger partial charge in [0.2, 0.25) is 5.91 Å². The minimum atomic E-state index is -0.946. The van der Waals surface area contributed by atoms with E-state index in [0.29, 0.717) is 13.0 Å². The molecule has 1 fully saturated rings. The molecule has 130 valence electrons. The molecule has 0 aromatic rings. The average Bonchev–Trinajstić information content (AvgIpc) is 2.78. The lowest BCUT2D eigenvalue weighted by Gasteiger charge is -2.24. The Bertz CT molecular complexity index is 483. The molecule has 0 aliphatic carbocycles. The molecular formula is C15H24N2O6. The van der Waals surface area contributed by atoms with E-state index in [0.717, 1.165) is 0 Å². The first-order chi connectivity index (χ1) is 10.6. The predicted molar refractivity (Wildman–Crippen MR) is 80.5 cm³/mol. The number of amides is 2. The highest BCUT2D eigenvalue weighted by Gasteiger charge is 2.32. The van der Waals surface area contributed by atoms with Crippen molar-refractivity contribution in [3.63, 3.8) is 0 Å². The van der Waals surface area contributed by atoms with Crippen molar-refractivity contribution in [1.82, 2.24) is 10.6 Å². The van der Waals surface area contributed by atoms with E-state index < -0.39 is 36.1 Å². The molecule has 1 saturated heterocycles. The SMILES string of the molecule is CC(=O)OCC(=O)C(CC1CCNC1=O)NC(=O)OC(C)(C)C. The van der Waals surface area contributed by atoms with Gasteiger partial charge in [-0.3, -0.25) is 14.4 Å². The minimum Gasteiger partial charge on any atom is -0.458 e. The molecule has 2 N–H and O–H groups in total. The fraction of sp³-hybridized carbons (Fsp3) is 0.733. The van der Waals surface area contributed by atoms with Gasteiger partial charge in [-0.2, -0.15) is 0 Å². The zero-order chi connectivity index (χ0) is 17.6. The molecule has 2 atom stereocenters. The zero-order valence-electron chi connectivity index (χ0n) is 13.9. The minimum absolute atomic E-state index is 0.144. The molecule has 2 unspecified atom stereocenters. The molecule has 1 rings (SSSR count). The molecule has 8 nitrogen and oxygen atoms in total. The maximum Gasteiger partial charge on any atom is 0.408 e. The van der Waals surface area contributed by atoms with Gasteiger partial charge in [0, 0.05) is 19.4 Å². The van der Waals surface area contributed by atoms with Crippen LogP contribution < -0.4 is 10.6 Å². The summed E-state index contributed by atoms with van der Waals surface area (Å²) in [5.41, 5.74) is -0.710. The van der Waals surface area contributed by atoms with Gasteiger partial charge in [0.1, 0.15) is 5.60 Å². The molecule has 0 spiro atoms. The lowest BCUT2D eigenvalue weighted by Crippen LogP contribution is -2.46. The summed E-state index contributed by atoms with van der Waals surface area (Å²) in [4.78, 5) is 46.5. The molecule has 0 aromatic carbocycles. The first-order valence-corrected chi connectivity index (χ1v) is 7.52. The third-order valence-electron chi connectivity index (χ3n) is 3.18. The third-order valence-corrected chi connectivity index (χ3v) is 3.18. The fourth-order valence-corrected chi connectivity index (χ4v) is 2.15. The number of carbonyl (C=O) groups is 4. The number of Topliss-reactive ketones (excluding diaryl/α,β-unsaturated/α-hetero) is 1. The van der Waals surface area contributed by atoms with Crippen LogP contribution in [-0.2, 0) is 23.9 Å². The summed E-state index contributed by atoms with van der Waals surface area (Å²) < 4.78 is 9.80. The van der Waals surface area contributed by atoms with Gasteiger partial charge in [-0.05, 0) is 33.6 Å². The summed E-state index contributed by atoms with van der Waals surface area (Å²) in [5.74, 6) is -1.59. The third kappa shape index (κ3) is 7.12. The number of ether oxygens (including phenoxy) is 2. The smallest absolute Gasteiger partial charge is 0.408 e. The Morgan fingerprint density at radius 2 is 2.00 bits per heavy atom. The number of hydrogen-bond acceptors (Lipinski definition) is 6. The van der Waals surface area contributed by atoms with E-state index in [1.165, 1.54) is 6.92 Å². The van der Waals surface area contributed by atoms with Crippen LogP contribution in [-0.4, -0.2) is 48.5 Å². The quantitative estimate of drug-likeness (QED) is 0.688. The van der Waals surface area contributed by atoms with Crippen LogP contribution in [0.15, 0.2) is 0 Å². The molecule has 0 saturated carbocycles. The van der Waals surface area contributed by atoms with E-state index in [1.807, 2.05) is 0 Å². The predicted octanol–water partition coefficient (Wildman–Crippen LogP) is 0.538. The van der Waals surface area contributed by atoms with Gasteiger partial charge in [0.05, 0.1) is 6.04 Å². The van der Waals surface area contributed by atoms with Crippen LogP contribution in [0.3, 0.4) is 0 Å². The first kappa shape index (κ1) is 18.9. The fourth-order valence-electron chi connectivity index (χ4n) is 2.15. The number of carbonyl (C=O) groups excluding carboxylic acids is 4. The Morgan fingerprint density at radius 3 is 2.48 bits per heavy atom. The van der Waals surface area contributed by atoms with Crippen molar-refractivity contribution < 1.29 is 28.7 Å². The standard InChI is InChI=1S/C15H24N2O6/c1-9(18)22-8-12(19)11(7-10-5-6-16-13(10)20)17-14(21)23-15(2,3)4/h10-11H,5-8H2,1-4H3,(H,16,20)(H,17,21). The summed E-state index contributed by atoms with van der Waals surface area (Å²) in [7, 11) is 0. The highest BCUT2D eigenvalue weighted by atomic mass is 16.6. The van der Waals surface area contributed by atoms with Crippen LogP contribution in [0.2, 0.25) is 0 Å². The highest BCUT2D eigenvalue weighted by Crippen LogP contribution is 2.17. The average molecular weight is 328 g/mol. The Morgan fingerprint density at radius 1 is 1.35 bits per heavy atom. The second kappa shape index (κ2) is 7.94. The van der Waals surface area contributed by atoms with Crippen LogP contribution in [0.4, 0.5) is 4.79 Å². The summed E-state index contributed by atoms with van der Waals surface area (Å²) in [6, 6.07) is -0.946. The van der Waals surface area contributed by atoms with Gasteiger partial charge in [-0.15, -0.1) is 0 Å². The number of rotatable bonds is 6. The highest BCUT2D eigenvalue weighted by molar-refractivity contribution is 5.90. The second-order valence-corrected chi connectivity index (χ2v) is 6.46. The molecule has 23 heavy (non-hydrogen) atoms. The van der Waals surface area contributed by atoms with E-state index in [9.17, 15) is 19.2 Å². The number of ketones is 1. The Labute approximate surface area is 135 Å². The van der Waals surface area contributed by atoms with Gasteiger partial charge in [0.25, 0.3) is 0 Å². The van der Waals surface area contributed by atoms with Crippen LogP contribution in [0.25, 0.3) is 0 Å². The maximum atomic E-state index is 12.2. The van der Waals surface area contributed by atoms with Crippen molar-refractivity contribution in [1.29, 1.82) is 0 Å². The molecule has 0 aromatic heterocycles. The summed E-state index contributed by atoms with van der Waals surface area (Å²) in [6.45, 7) is 6.38. The molecule has 0 bridgehead atoms. The molecule has 1 aliphatic rings. The van der Waals surface area contributed by atoms with E-state index in [1.54, 1.807) is 20.8 Å². The monoisotopic (exact) mass is 328 g/mol. The lowest BCUT2D eigenvalue weighted by molar-refractivity contribution is -0.146. The molecule has 2 amide bonds. The van der Waals surface area contributed by atoms with E-state index in [2.05, 4.69) is 15.4 Å². The largest absolute Gasteiger partial charge is 0.458 e. The van der Waals surface area contributed by atoms with Crippen LogP contribution in [0.1, 0.15) is 40.5 Å². The summed E-state index contributed by atoms with van der Waals surface area (Å²) in [5, 5.41) is 5.14. The van der Waals surface area contributed by atoms with Crippen LogP contribution >= 0.6 is 0 Å². The van der Waals surface area contributed by atoms with Crippen molar-refractivity contribution in [2.45, 2.75) is 52.2 Å². The topological polar surface area (TPSA) is 111 Å². The molecule has 1 heterocycles. The molecule has 8 heteroatoms. The Hall–Kier alpha value is -2.12. The van der Waals surface area contributed by atoms with Gasteiger partial charge in [-0.1, -0.05) is 0 Å². The number of esters is 1. The molecule has 0 radical (unpaired) electrons. The van der Waals surface area contributed by atoms with Crippen LogP contribution in [0, 0.1) is 5.92 Å². The van der Waals surface area contributed by atoms with Gasteiger partial charge >= 0.3 is 12.1 Å². The van der Waals surface area contributed by atoms with E-state index >= 15 is 0 Å². The first-order valence-electron chi connectivity index (χ1n) is 7.52. The number of hydrogen-bond donors (Lipinski definition) is 2. The summed E-state index contributed by atoms with van der Waals surface area (Å²) in [6.07, 6.45) is -0.0192. The summed E-state index contributed by atoms with van der Waals surface area (Å²) >= 11 is 0. The zero-order valence-corrected chi connectivity index (χ0v) is 13.9.